The average molecular weight is 447 g/mol. The smallest absolute Gasteiger partial charge is 0.240 e. The van der Waals surface area contributed by atoms with Crippen LogP contribution in [-0.4, -0.2) is 72.0 Å². The Kier molecular flexibility index (Phi) is 7.01. The molecule has 0 spiro atoms. The highest BCUT2D eigenvalue weighted by Crippen LogP contribution is 2.32. The number of carbonyl (C=O) groups is 1. The van der Waals surface area contributed by atoms with Gasteiger partial charge in [0.15, 0.2) is 21.3 Å². The number of ether oxygens (including phenoxy) is 2. The van der Waals surface area contributed by atoms with E-state index in [1.807, 2.05) is 0 Å². The lowest BCUT2D eigenvalue weighted by Crippen LogP contribution is -2.43. The monoisotopic (exact) mass is 446 g/mol. The molecule has 162 valence electrons. The molecule has 0 aliphatic carbocycles. The molecule has 1 aromatic carbocycles. The van der Waals surface area contributed by atoms with E-state index in [4.69, 9.17) is 9.47 Å². The molecule has 2 aliphatic rings. The van der Waals surface area contributed by atoms with Gasteiger partial charge >= 0.3 is 0 Å². The molecule has 3 rings (SSSR count). The zero-order chi connectivity index (χ0) is 20.9. The predicted molar refractivity (Wildman–Crippen MR) is 106 cm³/mol. The summed E-state index contributed by atoms with van der Waals surface area (Å²) in [6.07, 6.45) is 2.27. The van der Waals surface area contributed by atoms with Gasteiger partial charge in [-0.1, -0.05) is 6.42 Å². The standard InChI is InChI=1S/C18H26N2O7S2/c21-18(20-8-12-28(22,23)13-9-20)4-2-1-3-7-19-29(24,25)15-5-6-16-17(14-15)27-11-10-26-16/h5-6,14,19H,1-4,7-13H2. The van der Waals surface area contributed by atoms with E-state index in [2.05, 4.69) is 4.72 Å². The lowest BCUT2D eigenvalue weighted by atomic mass is 10.2. The minimum absolute atomic E-state index is 0.0282. The van der Waals surface area contributed by atoms with Crippen molar-refractivity contribution >= 4 is 25.8 Å². The molecule has 2 heterocycles. The first kappa shape index (κ1) is 21.8. The molecule has 1 N–H and O–H groups in total. The second-order valence-electron chi connectivity index (χ2n) is 7.05. The van der Waals surface area contributed by atoms with Gasteiger partial charge in [-0.05, 0) is 25.0 Å². The fraction of sp³-hybridized carbons (Fsp3) is 0.611. The number of unbranched alkanes of at least 4 members (excludes halogenated alkanes) is 2. The summed E-state index contributed by atoms with van der Waals surface area (Å²) in [6, 6.07) is 4.52. The number of hydrogen-bond donors (Lipinski definition) is 1. The number of nitrogens with one attached hydrogen (secondary N) is 1. The minimum Gasteiger partial charge on any atom is -0.486 e. The van der Waals surface area contributed by atoms with E-state index < -0.39 is 19.9 Å². The van der Waals surface area contributed by atoms with E-state index in [0.717, 1.165) is 0 Å². The topological polar surface area (TPSA) is 119 Å². The third kappa shape index (κ3) is 6.06. The Morgan fingerprint density at radius 2 is 1.72 bits per heavy atom. The summed E-state index contributed by atoms with van der Waals surface area (Å²) in [5.41, 5.74) is 0. The molecular formula is C18H26N2O7S2. The van der Waals surface area contributed by atoms with Crippen molar-refractivity contribution in [2.45, 2.75) is 30.6 Å². The Morgan fingerprint density at radius 1 is 1.03 bits per heavy atom. The molecule has 0 aromatic heterocycles. The molecule has 0 atom stereocenters. The van der Waals surface area contributed by atoms with E-state index in [0.29, 0.717) is 50.4 Å². The van der Waals surface area contributed by atoms with Crippen molar-refractivity contribution in [3.63, 3.8) is 0 Å². The van der Waals surface area contributed by atoms with Crippen LogP contribution in [0.5, 0.6) is 11.5 Å². The van der Waals surface area contributed by atoms with Crippen LogP contribution >= 0.6 is 0 Å². The van der Waals surface area contributed by atoms with Gasteiger partial charge in [0.2, 0.25) is 15.9 Å². The Balaban J connectivity index is 1.36. The second-order valence-corrected chi connectivity index (χ2v) is 11.1. The fourth-order valence-corrected chi connectivity index (χ4v) is 5.47. The first-order valence-electron chi connectivity index (χ1n) is 9.64. The van der Waals surface area contributed by atoms with Crippen molar-refractivity contribution in [3.05, 3.63) is 18.2 Å². The third-order valence-corrected chi connectivity index (χ3v) is 7.95. The summed E-state index contributed by atoms with van der Waals surface area (Å²) in [4.78, 5) is 13.8. The molecule has 2 aliphatic heterocycles. The van der Waals surface area contributed by atoms with Crippen molar-refractivity contribution in [1.29, 1.82) is 0 Å². The minimum atomic E-state index is -3.64. The van der Waals surface area contributed by atoms with Gasteiger partial charge in [-0.15, -0.1) is 0 Å². The van der Waals surface area contributed by atoms with Crippen molar-refractivity contribution in [2.75, 3.05) is 44.4 Å². The lowest BCUT2D eigenvalue weighted by Gasteiger charge is -2.26. The molecule has 1 amide bonds. The van der Waals surface area contributed by atoms with Gasteiger partial charge in [0.05, 0.1) is 16.4 Å². The number of sulfonamides is 1. The van der Waals surface area contributed by atoms with Crippen molar-refractivity contribution in [1.82, 2.24) is 9.62 Å². The fourth-order valence-electron chi connectivity index (χ4n) is 3.18. The van der Waals surface area contributed by atoms with E-state index in [9.17, 15) is 21.6 Å². The van der Waals surface area contributed by atoms with Gasteiger partial charge in [-0.2, -0.15) is 0 Å². The van der Waals surface area contributed by atoms with Crippen LogP contribution in [0.3, 0.4) is 0 Å². The van der Waals surface area contributed by atoms with Crippen molar-refractivity contribution in [3.8, 4) is 11.5 Å². The van der Waals surface area contributed by atoms with Crippen LogP contribution in [0.2, 0.25) is 0 Å². The summed E-state index contributed by atoms with van der Waals surface area (Å²) in [5, 5.41) is 0. The number of fused-ring (bicyclic) bond motifs is 1. The normalized spacial score (nSPS) is 18.4. The van der Waals surface area contributed by atoms with Gasteiger partial charge in [0, 0.05) is 32.1 Å². The lowest BCUT2D eigenvalue weighted by molar-refractivity contribution is -0.131. The summed E-state index contributed by atoms with van der Waals surface area (Å²) >= 11 is 0. The Bertz CT molecular complexity index is 931. The largest absolute Gasteiger partial charge is 0.486 e. The van der Waals surface area contributed by atoms with E-state index >= 15 is 0 Å². The van der Waals surface area contributed by atoms with Gasteiger partial charge in [-0.25, -0.2) is 21.6 Å². The quantitative estimate of drug-likeness (QED) is 0.579. The van der Waals surface area contributed by atoms with E-state index in [-0.39, 0.29) is 41.9 Å². The summed E-state index contributed by atoms with van der Waals surface area (Å²) in [7, 11) is -6.64. The molecule has 0 unspecified atom stereocenters. The molecule has 29 heavy (non-hydrogen) atoms. The highest BCUT2D eigenvalue weighted by molar-refractivity contribution is 7.91. The van der Waals surface area contributed by atoms with Crippen molar-refractivity contribution < 1.29 is 31.1 Å². The van der Waals surface area contributed by atoms with Crippen molar-refractivity contribution in [2.24, 2.45) is 0 Å². The number of amides is 1. The first-order chi connectivity index (χ1) is 13.8. The molecule has 1 aromatic rings. The zero-order valence-electron chi connectivity index (χ0n) is 16.1. The highest BCUT2D eigenvalue weighted by Gasteiger charge is 2.24. The van der Waals surface area contributed by atoms with Gasteiger partial charge < -0.3 is 14.4 Å². The van der Waals surface area contributed by atoms with Crippen LogP contribution in [0.25, 0.3) is 0 Å². The van der Waals surface area contributed by atoms with E-state index in [1.165, 1.54) is 12.1 Å². The molecular weight excluding hydrogens is 420 g/mol. The third-order valence-electron chi connectivity index (χ3n) is 4.88. The highest BCUT2D eigenvalue weighted by atomic mass is 32.2. The molecule has 9 nitrogen and oxygen atoms in total. The van der Waals surface area contributed by atoms with Gasteiger partial charge in [0.1, 0.15) is 13.2 Å². The Hall–Kier alpha value is -1.85. The number of nitrogens with zero attached hydrogens (tertiary/aromatic N) is 1. The van der Waals surface area contributed by atoms with Crippen LogP contribution in [0.4, 0.5) is 0 Å². The van der Waals surface area contributed by atoms with Gasteiger partial charge in [-0.3, -0.25) is 4.79 Å². The molecule has 11 heteroatoms. The molecule has 0 saturated carbocycles. The van der Waals surface area contributed by atoms with Crippen LogP contribution in [-0.2, 0) is 24.7 Å². The maximum atomic E-state index is 12.4. The van der Waals surface area contributed by atoms with E-state index in [1.54, 1.807) is 11.0 Å². The molecule has 1 saturated heterocycles. The number of rotatable bonds is 8. The Labute approximate surface area is 171 Å². The maximum Gasteiger partial charge on any atom is 0.240 e. The van der Waals surface area contributed by atoms with Crippen LogP contribution in [0, 0.1) is 0 Å². The summed E-state index contributed by atoms with van der Waals surface area (Å²) < 4.78 is 61.0. The first-order valence-corrected chi connectivity index (χ1v) is 12.9. The summed E-state index contributed by atoms with van der Waals surface area (Å²) in [5.74, 6) is 0.965. The van der Waals surface area contributed by atoms with Gasteiger partial charge in [0.25, 0.3) is 0 Å². The van der Waals surface area contributed by atoms with Crippen LogP contribution in [0.15, 0.2) is 23.1 Å². The molecule has 0 radical (unpaired) electrons. The second kappa shape index (κ2) is 9.31. The number of sulfone groups is 1. The van der Waals surface area contributed by atoms with Crippen LogP contribution < -0.4 is 14.2 Å². The number of carbonyl (C=O) groups excluding carboxylic acids is 1. The number of hydrogen-bond acceptors (Lipinski definition) is 7. The molecule has 1 fully saturated rings. The van der Waals surface area contributed by atoms with Crippen LogP contribution in [0.1, 0.15) is 25.7 Å². The number of benzene rings is 1. The molecule has 0 bridgehead atoms. The summed E-state index contributed by atoms with van der Waals surface area (Å²) in [6.45, 7) is 1.62. The maximum absolute atomic E-state index is 12.4. The average Bonchev–Trinajstić information content (AvgIpc) is 2.70. The SMILES string of the molecule is O=C(CCCCCNS(=O)(=O)c1ccc2c(c1)OCCO2)N1CCS(=O)(=O)CC1. The predicted octanol–water partition coefficient (Wildman–Crippen LogP) is 0.554. The Morgan fingerprint density at radius 3 is 2.45 bits per heavy atom. The zero-order valence-corrected chi connectivity index (χ0v) is 17.8.